The third-order valence-corrected chi connectivity index (χ3v) is 4.56. The number of anilines is 1. The molecule has 1 unspecified atom stereocenters. The van der Waals surface area contributed by atoms with Crippen molar-refractivity contribution in [1.29, 1.82) is 0 Å². The Balaban J connectivity index is 1.84. The van der Waals surface area contributed by atoms with E-state index in [1.165, 1.54) is 18.4 Å². The Morgan fingerprint density at radius 3 is 2.20 bits per heavy atom. The predicted molar refractivity (Wildman–Crippen MR) is 87.0 cm³/mol. The van der Waals surface area contributed by atoms with Crippen molar-refractivity contribution in [2.75, 3.05) is 5.32 Å². The number of rotatable bonds is 4. The molecule has 1 nitrogen and oxygen atoms in total. The van der Waals surface area contributed by atoms with Gasteiger partial charge in [-0.05, 0) is 54.7 Å². The van der Waals surface area contributed by atoms with E-state index < -0.39 is 0 Å². The lowest BCUT2D eigenvalue weighted by Crippen LogP contribution is -2.12. The molecule has 1 fully saturated rings. The summed E-state index contributed by atoms with van der Waals surface area (Å²) in [5.41, 5.74) is 2.24. The zero-order chi connectivity index (χ0) is 14.1. The summed E-state index contributed by atoms with van der Waals surface area (Å²) in [7, 11) is 0. The van der Waals surface area contributed by atoms with Crippen LogP contribution in [0.4, 0.5) is 5.69 Å². The molecule has 2 aromatic carbocycles. The van der Waals surface area contributed by atoms with E-state index >= 15 is 0 Å². The molecule has 0 amide bonds. The van der Waals surface area contributed by atoms with Gasteiger partial charge >= 0.3 is 0 Å². The highest BCUT2D eigenvalue weighted by molar-refractivity contribution is 6.42. The van der Waals surface area contributed by atoms with Crippen molar-refractivity contribution in [3.8, 4) is 0 Å². The summed E-state index contributed by atoms with van der Waals surface area (Å²) in [5.74, 6) is 0.672. The highest BCUT2D eigenvalue weighted by Gasteiger charge is 2.32. The van der Waals surface area contributed by atoms with Crippen LogP contribution >= 0.6 is 34.8 Å². The number of benzene rings is 2. The second-order valence-electron chi connectivity index (χ2n) is 5.14. The molecule has 1 atom stereocenters. The standard InChI is InChI=1S/C16H14Cl3N/c17-12-5-3-11(4-6-12)16(10-1-2-10)20-13-7-8-14(18)15(19)9-13/h3-10,16,20H,1-2H2. The van der Waals surface area contributed by atoms with Crippen molar-refractivity contribution in [2.45, 2.75) is 18.9 Å². The lowest BCUT2D eigenvalue weighted by Gasteiger charge is -2.20. The summed E-state index contributed by atoms with van der Waals surface area (Å²) in [6, 6.07) is 14.0. The molecule has 1 aliphatic rings. The number of nitrogens with one attached hydrogen (secondary N) is 1. The van der Waals surface area contributed by atoms with Crippen LogP contribution in [0.15, 0.2) is 42.5 Å². The molecule has 1 aliphatic carbocycles. The van der Waals surface area contributed by atoms with Crippen LogP contribution in [-0.4, -0.2) is 0 Å². The average molecular weight is 327 g/mol. The van der Waals surface area contributed by atoms with Gasteiger partial charge in [0.1, 0.15) is 0 Å². The first-order valence-electron chi connectivity index (χ1n) is 6.60. The van der Waals surface area contributed by atoms with Gasteiger partial charge in [0, 0.05) is 10.7 Å². The minimum Gasteiger partial charge on any atom is -0.378 e. The molecule has 0 radical (unpaired) electrons. The van der Waals surface area contributed by atoms with E-state index in [9.17, 15) is 0 Å². The largest absolute Gasteiger partial charge is 0.378 e. The molecule has 3 rings (SSSR count). The average Bonchev–Trinajstić information content (AvgIpc) is 3.26. The summed E-state index contributed by atoms with van der Waals surface area (Å²) >= 11 is 18.0. The molecular formula is C16H14Cl3N. The molecule has 1 N–H and O–H groups in total. The lowest BCUT2D eigenvalue weighted by atomic mass is 10.0. The predicted octanol–water partition coefficient (Wildman–Crippen LogP) is 6.21. The van der Waals surface area contributed by atoms with Crippen LogP contribution in [0.2, 0.25) is 15.1 Å². The fourth-order valence-corrected chi connectivity index (χ4v) is 2.76. The van der Waals surface area contributed by atoms with Crippen molar-refractivity contribution >= 4 is 40.5 Å². The molecule has 104 valence electrons. The highest BCUT2D eigenvalue weighted by atomic mass is 35.5. The second-order valence-corrected chi connectivity index (χ2v) is 6.39. The SMILES string of the molecule is Clc1ccc(C(Nc2ccc(Cl)c(Cl)c2)C2CC2)cc1. The monoisotopic (exact) mass is 325 g/mol. The third kappa shape index (κ3) is 3.22. The van der Waals surface area contributed by atoms with Gasteiger partial charge in [0.15, 0.2) is 0 Å². The lowest BCUT2D eigenvalue weighted by molar-refractivity contribution is 0.679. The number of halogens is 3. The van der Waals surface area contributed by atoms with E-state index in [-0.39, 0.29) is 0 Å². The molecule has 0 bridgehead atoms. The Hall–Kier alpha value is -0.890. The first-order valence-corrected chi connectivity index (χ1v) is 7.74. The molecule has 1 saturated carbocycles. The van der Waals surface area contributed by atoms with Crippen LogP contribution in [0.1, 0.15) is 24.4 Å². The van der Waals surface area contributed by atoms with E-state index in [0.29, 0.717) is 22.0 Å². The molecule has 0 aromatic heterocycles. The van der Waals surface area contributed by atoms with Gasteiger partial charge in [-0.15, -0.1) is 0 Å². The quantitative estimate of drug-likeness (QED) is 0.704. The second kappa shape index (κ2) is 5.85. The zero-order valence-electron chi connectivity index (χ0n) is 10.7. The van der Waals surface area contributed by atoms with Gasteiger partial charge in [-0.25, -0.2) is 0 Å². The first kappa shape index (κ1) is 14.1. The number of hydrogen-bond acceptors (Lipinski definition) is 1. The van der Waals surface area contributed by atoms with Crippen molar-refractivity contribution in [2.24, 2.45) is 5.92 Å². The maximum absolute atomic E-state index is 6.07. The molecule has 0 saturated heterocycles. The normalized spacial score (nSPS) is 15.9. The zero-order valence-corrected chi connectivity index (χ0v) is 13.0. The Morgan fingerprint density at radius 2 is 1.60 bits per heavy atom. The minimum atomic E-state index is 0.296. The summed E-state index contributed by atoms with van der Waals surface area (Å²) in [6.07, 6.45) is 2.50. The van der Waals surface area contributed by atoms with Gasteiger partial charge in [0.2, 0.25) is 0 Å². The van der Waals surface area contributed by atoms with Crippen LogP contribution in [-0.2, 0) is 0 Å². The molecule has 20 heavy (non-hydrogen) atoms. The smallest absolute Gasteiger partial charge is 0.0612 e. The third-order valence-electron chi connectivity index (χ3n) is 3.56. The fourth-order valence-electron chi connectivity index (χ4n) is 2.34. The van der Waals surface area contributed by atoms with Crippen LogP contribution in [0.25, 0.3) is 0 Å². The highest BCUT2D eigenvalue weighted by Crippen LogP contribution is 2.43. The minimum absolute atomic E-state index is 0.296. The maximum atomic E-state index is 6.07. The van der Waals surface area contributed by atoms with Crippen molar-refractivity contribution in [3.05, 3.63) is 63.1 Å². The molecule has 2 aromatic rings. The van der Waals surface area contributed by atoms with E-state index in [4.69, 9.17) is 34.8 Å². The molecule has 4 heteroatoms. The van der Waals surface area contributed by atoms with E-state index in [0.717, 1.165) is 10.7 Å². The molecule has 0 aliphatic heterocycles. The first-order chi connectivity index (χ1) is 9.63. The van der Waals surface area contributed by atoms with Crippen LogP contribution in [0, 0.1) is 5.92 Å². The Kier molecular flexibility index (Phi) is 4.11. The van der Waals surface area contributed by atoms with Gasteiger partial charge in [-0.2, -0.15) is 0 Å². The van der Waals surface area contributed by atoms with Gasteiger partial charge < -0.3 is 5.32 Å². The fraction of sp³-hybridized carbons (Fsp3) is 0.250. The molecular weight excluding hydrogens is 313 g/mol. The van der Waals surface area contributed by atoms with Crippen molar-refractivity contribution in [3.63, 3.8) is 0 Å². The van der Waals surface area contributed by atoms with Gasteiger partial charge in [0.05, 0.1) is 16.1 Å². The summed E-state index contributed by atoms with van der Waals surface area (Å²) in [5, 5.41) is 5.47. The van der Waals surface area contributed by atoms with Crippen LogP contribution in [0.5, 0.6) is 0 Å². The van der Waals surface area contributed by atoms with Gasteiger partial charge in [-0.3, -0.25) is 0 Å². The van der Waals surface area contributed by atoms with Crippen LogP contribution < -0.4 is 5.32 Å². The van der Waals surface area contributed by atoms with E-state index in [2.05, 4.69) is 17.4 Å². The molecule has 0 heterocycles. The summed E-state index contributed by atoms with van der Waals surface area (Å²) in [6.45, 7) is 0. The summed E-state index contributed by atoms with van der Waals surface area (Å²) < 4.78 is 0. The Labute approximate surface area is 133 Å². The van der Waals surface area contributed by atoms with E-state index in [1.54, 1.807) is 0 Å². The van der Waals surface area contributed by atoms with E-state index in [1.807, 2.05) is 30.3 Å². The van der Waals surface area contributed by atoms with Crippen molar-refractivity contribution < 1.29 is 0 Å². The van der Waals surface area contributed by atoms with Gasteiger partial charge in [0.25, 0.3) is 0 Å². The Morgan fingerprint density at radius 1 is 0.900 bits per heavy atom. The Bertz CT molecular complexity index is 606. The summed E-state index contributed by atoms with van der Waals surface area (Å²) in [4.78, 5) is 0. The number of hydrogen-bond donors (Lipinski definition) is 1. The van der Waals surface area contributed by atoms with Gasteiger partial charge in [-0.1, -0.05) is 46.9 Å². The van der Waals surface area contributed by atoms with Crippen molar-refractivity contribution in [1.82, 2.24) is 0 Å². The molecule has 0 spiro atoms. The maximum Gasteiger partial charge on any atom is 0.0612 e. The topological polar surface area (TPSA) is 12.0 Å². The van der Waals surface area contributed by atoms with Crippen LogP contribution in [0.3, 0.4) is 0 Å².